The quantitative estimate of drug-likeness (QED) is 0.498. The molecule has 11 heteroatoms. The lowest BCUT2D eigenvalue weighted by Crippen LogP contribution is -2.43. The van der Waals surface area contributed by atoms with Crippen LogP contribution in [0.4, 0.5) is 27.8 Å². The second kappa shape index (κ2) is 9.40. The number of hydrogen-bond acceptors (Lipinski definition) is 10. The molecule has 1 saturated heterocycles. The summed E-state index contributed by atoms with van der Waals surface area (Å²) in [5.41, 5.74) is -0.0285. The van der Waals surface area contributed by atoms with E-state index < -0.39 is 22.8 Å². The van der Waals surface area contributed by atoms with Gasteiger partial charge in [0.1, 0.15) is 23.3 Å². The van der Waals surface area contributed by atoms with Gasteiger partial charge in [0.05, 0.1) is 12.2 Å². The lowest BCUT2D eigenvalue weighted by Gasteiger charge is -2.37. The fraction of sp³-hybridized carbons (Fsp3) is 0.320. The van der Waals surface area contributed by atoms with E-state index in [0.29, 0.717) is 49.3 Å². The predicted molar refractivity (Wildman–Crippen MR) is 129 cm³/mol. The molecule has 3 heterocycles. The maximum Gasteiger partial charge on any atom is 0.264 e. The van der Waals surface area contributed by atoms with Gasteiger partial charge in [0, 0.05) is 43.4 Å². The second-order valence-corrected chi connectivity index (χ2v) is 9.09. The lowest BCUT2D eigenvalue weighted by atomic mass is 9.76. The van der Waals surface area contributed by atoms with Crippen LogP contribution in [0.2, 0.25) is 0 Å². The monoisotopic (exact) mass is 489 g/mol. The number of carbonyl (C=O) groups excluding carboxylic acids is 3. The number of anilines is 4. The summed E-state index contributed by atoms with van der Waals surface area (Å²) in [5, 5.41) is 6.39. The first-order valence-corrected chi connectivity index (χ1v) is 11.6. The van der Waals surface area contributed by atoms with Crippen LogP contribution in [0.3, 0.4) is 0 Å². The topological polar surface area (TPSA) is 130 Å². The molecule has 2 aliphatic rings. The van der Waals surface area contributed by atoms with Crippen LogP contribution in [-0.4, -0.2) is 50.4 Å². The zero-order valence-electron chi connectivity index (χ0n) is 19.6. The van der Waals surface area contributed by atoms with E-state index >= 15 is 0 Å². The minimum absolute atomic E-state index is 0.0102. The third-order valence-electron chi connectivity index (χ3n) is 6.73. The Morgan fingerprint density at radius 1 is 1.03 bits per heavy atom. The van der Waals surface area contributed by atoms with Gasteiger partial charge in [-0.2, -0.15) is 9.97 Å². The Labute approximate surface area is 206 Å². The molecule has 184 valence electrons. The third kappa shape index (κ3) is 4.64. The summed E-state index contributed by atoms with van der Waals surface area (Å²) in [7, 11) is 0. The molecule has 0 bridgehead atoms. The van der Waals surface area contributed by atoms with Crippen LogP contribution < -0.4 is 15.5 Å². The van der Waals surface area contributed by atoms with E-state index in [2.05, 4.69) is 30.6 Å². The van der Waals surface area contributed by atoms with Crippen molar-refractivity contribution in [1.29, 1.82) is 0 Å². The largest absolute Gasteiger partial charge is 0.356 e. The predicted octanol–water partition coefficient (Wildman–Crippen LogP) is 3.02. The van der Waals surface area contributed by atoms with Crippen LogP contribution in [0.25, 0.3) is 0 Å². The molecule has 1 unspecified atom stereocenters. The SMILES string of the molecule is CC(Nc1nc(Nc2cnccn2)cc(N2CCC3(CC2)CC(=O)C(=O)C3=O)n1)c1ccc(F)cc1. The number of halogens is 1. The maximum atomic E-state index is 13.3. The summed E-state index contributed by atoms with van der Waals surface area (Å²) < 4.78 is 13.3. The zero-order valence-corrected chi connectivity index (χ0v) is 19.6. The summed E-state index contributed by atoms with van der Waals surface area (Å²) in [6, 6.07) is 7.75. The number of hydrogen-bond donors (Lipinski definition) is 2. The molecule has 1 saturated carbocycles. The first kappa shape index (κ1) is 23.5. The average Bonchev–Trinajstić information content (AvgIpc) is 3.08. The van der Waals surface area contributed by atoms with Crippen molar-refractivity contribution in [1.82, 2.24) is 19.9 Å². The van der Waals surface area contributed by atoms with Gasteiger partial charge in [0.2, 0.25) is 17.5 Å². The first-order valence-electron chi connectivity index (χ1n) is 11.6. The number of carbonyl (C=O) groups is 3. The van der Waals surface area contributed by atoms with E-state index in [9.17, 15) is 18.8 Å². The highest BCUT2D eigenvalue weighted by molar-refractivity contribution is 6.68. The van der Waals surface area contributed by atoms with Crippen molar-refractivity contribution in [2.45, 2.75) is 32.2 Å². The minimum Gasteiger partial charge on any atom is -0.356 e. The van der Waals surface area contributed by atoms with Crippen molar-refractivity contribution in [3.63, 3.8) is 0 Å². The minimum atomic E-state index is -0.892. The molecule has 10 nitrogen and oxygen atoms in total. The number of benzene rings is 1. The number of ketones is 3. The van der Waals surface area contributed by atoms with Crippen LogP contribution in [0.1, 0.15) is 37.8 Å². The molecular formula is C25H24FN7O3. The molecule has 2 N–H and O–H groups in total. The molecule has 1 aromatic carbocycles. The zero-order chi connectivity index (χ0) is 25.3. The highest BCUT2D eigenvalue weighted by atomic mass is 19.1. The summed E-state index contributed by atoms with van der Waals surface area (Å²) in [5.74, 6) is -0.388. The second-order valence-electron chi connectivity index (χ2n) is 9.09. The molecule has 1 aliphatic heterocycles. The molecule has 0 amide bonds. The number of rotatable bonds is 6. The lowest BCUT2D eigenvalue weighted by molar-refractivity contribution is -0.142. The van der Waals surface area contributed by atoms with Gasteiger partial charge in [0.15, 0.2) is 0 Å². The van der Waals surface area contributed by atoms with Crippen molar-refractivity contribution in [3.8, 4) is 0 Å². The standard InChI is InChI=1S/C25H24FN7O3/c1-15(16-2-4-17(26)5-3-16)29-24-31-19(30-20-14-27-8-9-28-20)12-21(32-24)33-10-6-25(7-11-33)13-18(34)22(35)23(25)36/h2-5,8-9,12,14-15H,6-7,10-11,13H2,1H3,(H2,28,29,30,31,32). The van der Waals surface area contributed by atoms with Gasteiger partial charge in [-0.3, -0.25) is 19.4 Å². The molecule has 5 rings (SSSR count). The van der Waals surface area contributed by atoms with Crippen molar-refractivity contribution in [2.24, 2.45) is 5.41 Å². The number of aromatic nitrogens is 4. The number of Topliss-reactive ketones (excluding diaryl/α,β-unsaturated/α-hetero) is 3. The Morgan fingerprint density at radius 3 is 2.42 bits per heavy atom. The van der Waals surface area contributed by atoms with E-state index in [1.165, 1.54) is 12.1 Å². The Morgan fingerprint density at radius 2 is 1.78 bits per heavy atom. The van der Waals surface area contributed by atoms with Crippen molar-refractivity contribution >= 4 is 40.8 Å². The fourth-order valence-electron chi connectivity index (χ4n) is 4.65. The highest BCUT2D eigenvalue weighted by Gasteiger charge is 2.53. The van der Waals surface area contributed by atoms with E-state index in [-0.39, 0.29) is 18.3 Å². The Hall–Kier alpha value is -4.28. The van der Waals surface area contributed by atoms with Crippen molar-refractivity contribution in [2.75, 3.05) is 28.6 Å². The number of nitrogens with one attached hydrogen (secondary N) is 2. The van der Waals surface area contributed by atoms with E-state index in [0.717, 1.165) is 5.56 Å². The van der Waals surface area contributed by atoms with Crippen LogP contribution in [0.5, 0.6) is 0 Å². The molecule has 1 aliphatic carbocycles. The van der Waals surface area contributed by atoms with Gasteiger partial charge in [-0.25, -0.2) is 9.37 Å². The Balaban J connectivity index is 1.39. The third-order valence-corrected chi connectivity index (χ3v) is 6.73. The summed E-state index contributed by atoms with van der Waals surface area (Å²) in [6.45, 7) is 2.84. The van der Waals surface area contributed by atoms with Crippen LogP contribution >= 0.6 is 0 Å². The summed E-state index contributed by atoms with van der Waals surface area (Å²) in [4.78, 5) is 55.7. The van der Waals surface area contributed by atoms with E-state index in [4.69, 9.17) is 0 Å². The molecule has 2 aromatic heterocycles. The van der Waals surface area contributed by atoms with E-state index in [1.807, 2.05) is 11.8 Å². The molecule has 36 heavy (non-hydrogen) atoms. The van der Waals surface area contributed by atoms with Gasteiger partial charge in [-0.05, 0) is 37.5 Å². The van der Waals surface area contributed by atoms with Gasteiger partial charge in [-0.15, -0.1) is 0 Å². The average molecular weight is 490 g/mol. The first-order chi connectivity index (χ1) is 17.3. The molecular weight excluding hydrogens is 465 g/mol. The molecule has 2 fully saturated rings. The van der Waals surface area contributed by atoms with Gasteiger partial charge >= 0.3 is 0 Å². The molecule has 0 radical (unpaired) electrons. The van der Waals surface area contributed by atoms with Crippen LogP contribution in [-0.2, 0) is 14.4 Å². The fourth-order valence-corrected chi connectivity index (χ4v) is 4.65. The van der Waals surface area contributed by atoms with Gasteiger partial charge in [-0.1, -0.05) is 12.1 Å². The van der Waals surface area contributed by atoms with Crippen molar-refractivity contribution < 1.29 is 18.8 Å². The normalized spacial score (nSPS) is 17.9. The number of piperidine rings is 1. The van der Waals surface area contributed by atoms with Gasteiger partial charge in [0.25, 0.3) is 5.78 Å². The molecule has 1 spiro atoms. The van der Waals surface area contributed by atoms with Crippen LogP contribution in [0, 0.1) is 11.2 Å². The maximum absolute atomic E-state index is 13.3. The smallest absolute Gasteiger partial charge is 0.264 e. The van der Waals surface area contributed by atoms with Crippen molar-refractivity contribution in [3.05, 3.63) is 60.3 Å². The van der Waals surface area contributed by atoms with Crippen LogP contribution in [0.15, 0.2) is 48.9 Å². The Bertz CT molecular complexity index is 1310. The number of nitrogens with zero attached hydrogens (tertiary/aromatic N) is 5. The Kier molecular flexibility index (Phi) is 6.13. The van der Waals surface area contributed by atoms with Gasteiger partial charge < -0.3 is 15.5 Å². The molecule has 1 atom stereocenters. The molecule has 3 aromatic rings. The summed E-state index contributed by atoms with van der Waals surface area (Å²) >= 11 is 0. The van der Waals surface area contributed by atoms with E-state index in [1.54, 1.807) is 36.8 Å². The highest BCUT2D eigenvalue weighted by Crippen LogP contribution is 2.41. The summed E-state index contributed by atoms with van der Waals surface area (Å²) in [6.07, 6.45) is 5.48.